The number of primary amides is 1. The van der Waals surface area contributed by atoms with Crippen LogP contribution in [-0.2, 0) is 6.61 Å². The summed E-state index contributed by atoms with van der Waals surface area (Å²) < 4.78 is 5.74. The Kier molecular flexibility index (Phi) is 4.99. The normalized spacial score (nSPS) is 11.9. The molecule has 0 fully saturated rings. The van der Waals surface area contributed by atoms with Gasteiger partial charge in [-0.05, 0) is 36.1 Å². The van der Waals surface area contributed by atoms with Gasteiger partial charge in [0.2, 0.25) is 5.91 Å². The molecule has 0 aliphatic rings. The second-order valence-electron chi connectivity index (χ2n) is 5.19. The Morgan fingerprint density at radius 2 is 1.81 bits per heavy atom. The van der Waals surface area contributed by atoms with Gasteiger partial charge in [0.1, 0.15) is 12.4 Å². The fourth-order valence-electron chi connectivity index (χ4n) is 2.18. The third-order valence-corrected chi connectivity index (χ3v) is 3.74. The van der Waals surface area contributed by atoms with Crippen molar-refractivity contribution < 1.29 is 9.53 Å². The zero-order valence-electron chi connectivity index (χ0n) is 12.5. The minimum absolute atomic E-state index is 0.335. The molecular formula is C18H21NO2. The smallest absolute Gasteiger partial charge is 0.249 e. The van der Waals surface area contributed by atoms with Gasteiger partial charge in [-0.3, -0.25) is 4.79 Å². The van der Waals surface area contributed by atoms with Crippen molar-refractivity contribution in [2.24, 2.45) is 5.73 Å². The Morgan fingerprint density at radius 3 is 2.43 bits per heavy atom. The van der Waals surface area contributed by atoms with E-state index in [0.29, 0.717) is 18.1 Å². The van der Waals surface area contributed by atoms with Crippen molar-refractivity contribution >= 4 is 5.91 Å². The van der Waals surface area contributed by atoms with E-state index in [9.17, 15) is 4.79 Å². The van der Waals surface area contributed by atoms with Crippen molar-refractivity contribution in [1.29, 1.82) is 0 Å². The summed E-state index contributed by atoms with van der Waals surface area (Å²) in [6.07, 6.45) is 1.12. The predicted molar refractivity (Wildman–Crippen MR) is 84.4 cm³/mol. The van der Waals surface area contributed by atoms with Crippen LogP contribution in [0.25, 0.3) is 0 Å². The molecule has 1 amide bonds. The molecule has 0 spiro atoms. The zero-order chi connectivity index (χ0) is 15.2. The Bertz CT molecular complexity index is 605. The van der Waals surface area contributed by atoms with Crippen LogP contribution in [-0.4, -0.2) is 5.91 Å². The first kappa shape index (κ1) is 15.1. The van der Waals surface area contributed by atoms with E-state index in [4.69, 9.17) is 10.5 Å². The standard InChI is InChI=1S/C18H21NO2/c1-3-13(2)14-8-10-16(11-9-14)21-12-15-6-4-5-7-17(15)18(19)20/h4-11,13H,3,12H2,1-2H3,(H2,19,20). The van der Waals surface area contributed by atoms with Crippen LogP contribution in [0.15, 0.2) is 48.5 Å². The van der Waals surface area contributed by atoms with E-state index in [1.54, 1.807) is 12.1 Å². The second kappa shape index (κ2) is 6.93. The summed E-state index contributed by atoms with van der Waals surface area (Å²) in [5.41, 5.74) is 7.98. The largest absolute Gasteiger partial charge is 0.489 e. The van der Waals surface area contributed by atoms with E-state index >= 15 is 0 Å². The van der Waals surface area contributed by atoms with Gasteiger partial charge >= 0.3 is 0 Å². The summed E-state index contributed by atoms with van der Waals surface area (Å²) in [7, 11) is 0. The van der Waals surface area contributed by atoms with Gasteiger partial charge in [-0.15, -0.1) is 0 Å². The first-order valence-corrected chi connectivity index (χ1v) is 7.22. The molecule has 2 aromatic carbocycles. The van der Waals surface area contributed by atoms with Crippen molar-refractivity contribution in [3.8, 4) is 5.75 Å². The number of carbonyl (C=O) groups is 1. The molecular weight excluding hydrogens is 262 g/mol. The Labute approximate surface area is 125 Å². The van der Waals surface area contributed by atoms with Gasteiger partial charge in [0.05, 0.1) is 0 Å². The number of benzene rings is 2. The first-order chi connectivity index (χ1) is 10.1. The van der Waals surface area contributed by atoms with E-state index in [-0.39, 0.29) is 0 Å². The molecule has 0 radical (unpaired) electrons. The van der Waals surface area contributed by atoms with Crippen LogP contribution in [0.2, 0.25) is 0 Å². The molecule has 0 heterocycles. The third-order valence-electron chi connectivity index (χ3n) is 3.74. The lowest BCUT2D eigenvalue weighted by Crippen LogP contribution is -2.14. The van der Waals surface area contributed by atoms with Gasteiger partial charge in [0.25, 0.3) is 0 Å². The number of amides is 1. The average molecular weight is 283 g/mol. The fraction of sp³-hybridized carbons (Fsp3) is 0.278. The van der Waals surface area contributed by atoms with E-state index in [0.717, 1.165) is 17.7 Å². The van der Waals surface area contributed by atoms with E-state index < -0.39 is 5.91 Å². The summed E-state index contributed by atoms with van der Waals surface area (Å²) in [5.74, 6) is 0.914. The highest BCUT2D eigenvalue weighted by Gasteiger charge is 2.08. The monoisotopic (exact) mass is 283 g/mol. The predicted octanol–water partition coefficient (Wildman–Crippen LogP) is 3.88. The number of ether oxygens (including phenoxy) is 1. The zero-order valence-corrected chi connectivity index (χ0v) is 12.5. The molecule has 2 aromatic rings. The molecule has 0 saturated heterocycles. The number of nitrogens with two attached hydrogens (primary N) is 1. The molecule has 2 N–H and O–H groups in total. The molecule has 0 aliphatic carbocycles. The summed E-state index contributed by atoms with van der Waals surface area (Å²) in [5, 5.41) is 0. The molecule has 0 aliphatic heterocycles. The maximum absolute atomic E-state index is 11.4. The quantitative estimate of drug-likeness (QED) is 0.874. The van der Waals surface area contributed by atoms with Crippen molar-refractivity contribution in [2.75, 3.05) is 0 Å². The van der Waals surface area contributed by atoms with Crippen LogP contribution in [0.5, 0.6) is 5.75 Å². The van der Waals surface area contributed by atoms with E-state index in [2.05, 4.69) is 26.0 Å². The Morgan fingerprint density at radius 1 is 1.14 bits per heavy atom. The van der Waals surface area contributed by atoms with Crippen molar-refractivity contribution in [3.63, 3.8) is 0 Å². The molecule has 1 unspecified atom stereocenters. The van der Waals surface area contributed by atoms with Gasteiger partial charge < -0.3 is 10.5 Å². The van der Waals surface area contributed by atoms with Gasteiger partial charge in [0, 0.05) is 11.1 Å². The van der Waals surface area contributed by atoms with Crippen LogP contribution in [0.1, 0.15) is 47.7 Å². The lowest BCUT2D eigenvalue weighted by molar-refractivity contribution is 0.0998. The van der Waals surface area contributed by atoms with Crippen LogP contribution < -0.4 is 10.5 Å². The second-order valence-corrected chi connectivity index (χ2v) is 5.19. The maximum Gasteiger partial charge on any atom is 0.249 e. The van der Waals surface area contributed by atoms with Crippen LogP contribution >= 0.6 is 0 Å². The summed E-state index contributed by atoms with van der Waals surface area (Å²) in [4.78, 5) is 11.4. The SMILES string of the molecule is CCC(C)c1ccc(OCc2ccccc2C(N)=O)cc1. The average Bonchev–Trinajstić information content (AvgIpc) is 2.52. The van der Waals surface area contributed by atoms with Gasteiger partial charge in [-0.25, -0.2) is 0 Å². The molecule has 3 heteroatoms. The number of carbonyl (C=O) groups excluding carboxylic acids is 1. The highest BCUT2D eigenvalue weighted by molar-refractivity contribution is 5.94. The summed E-state index contributed by atoms with van der Waals surface area (Å²) in [6.45, 7) is 4.72. The Balaban J connectivity index is 2.05. The van der Waals surface area contributed by atoms with E-state index in [1.165, 1.54) is 5.56 Å². The van der Waals surface area contributed by atoms with Crippen molar-refractivity contribution in [2.45, 2.75) is 32.8 Å². The number of rotatable bonds is 6. The van der Waals surface area contributed by atoms with Crippen molar-refractivity contribution in [3.05, 3.63) is 65.2 Å². The van der Waals surface area contributed by atoms with Crippen LogP contribution in [0.4, 0.5) is 0 Å². The molecule has 21 heavy (non-hydrogen) atoms. The minimum atomic E-state index is -0.429. The van der Waals surface area contributed by atoms with Crippen LogP contribution in [0, 0.1) is 0 Å². The number of hydrogen-bond donors (Lipinski definition) is 1. The molecule has 110 valence electrons. The highest BCUT2D eigenvalue weighted by Crippen LogP contribution is 2.22. The topological polar surface area (TPSA) is 52.3 Å². The molecule has 0 saturated carbocycles. The molecule has 1 atom stereocenters. The summed E-state index contributed by atoms with van der Waals surface area (Å²) in [6, 6.07) is 15.3. The van der Waals surface area contributed by atoms with Gasteiger partial charge in [-0.1, -0.05) is 44.2 Å². The molecule has 0 bridgehead atoms. The fourth-order valence-corrected chi connectivity index (χ4v) is 2.18. The van der Waals surface area contributed by atoms with Gasteiger partial charge in [-0.2, -0.15) is 0 Å². The maximum atomic E-state index is 11.4. The summed E-state index contributed by atoms with van der Waals surface area (Å²) >= 11 is 0. The molecule has 2 rings (SSSR count). The molecule has 3 nitrogen and oxygen atoms in total. The Hall–Kier alpha value is -2.29. The van der Waals surface area contributed by atoms with Crippen molar-refractivity contribution in [1.82, 2.24) is 0 Å². The molecule has 0 aromatic heterocycles. The van der Waals surface area contributed by atoms with Gasteiger partial charge in [0.15, 0.2) is 0 Å². The third kappa shape index (κ3) is 3.85. The number of hydrogen-bond acceptors (Lipinski definition) is 2. The van der Waals surface area contributed by atoms with E-state index in [1.807, 2.05) is 24.3 Å². The minimum Gasteiger partial charge on any atom is -0.489 e. The lowest BCUT2D eigenvalue weighted by atomic mass is 9.99. The van der Waals surface area contributed by atoms with Crippen LogP contribution in [0.3, 0.4) is 0 Å². The first-order valence-electron chi connectivity index (χ1n) is 7.22. The highest BCUT2D eigenvalue weighted by atomic mass is 16.5. The lowest BCUT2D eigenvalue weighted by Gasteiger charge is -2.12.